The molecule has 0 aliphatic heterocycles. The van der Waals surface area contributed by atoms with Crippen LogP contribution in [0.5, 0.6) is 0 Å². The first-order chi connectivity index (χ1) is 8.47. The van der Waals surface area contributed by atoms with E-state index in [0.29, 0.717) is 12.1 Å². The van der Waals surface area contributed by atoms with Gasteiger partial charge in [0, 0.05) is 25.2 Å². The largest absolute Gasteiger partial charge is 0.358 e. The first-order valence-electron chi connectivity index (χ1n) is 5.65. The zero-order valence-corrected chi connectivity index (χ0v) is 10.7. The fourth-order valence-corrected chi connectivity index (χ4v) is 1.63. The van der Waals surface area contributed by atoms with Crippen LogP contribution in [0.4, 0.5) is 5.69 Å². The van der Waals surface area contributed by atoms with Crippen molar-refractivity contribution in [2.75, 3.05) is 7.05 Å². The molecule has 0 fully saturated rings. The highest BCUT2D eigenvalue weighted by molar-refractivity contribution is 5.80. The number of amides is 1. The summed E-state index contributed by atoms with van der Waals surface area (Å²) in [4.78, 5) is 21.7. The summed E-state index contributed by atoms with van der Waals surface area (Å²) in [6, 6.07) is 4.59. The molecule has 0 aliphatic rings. The molecule has 98 valence electrons. The molecule has 0 aliphatic carbocycles. The van der Waals surface area contributed by atoms with Gasteiger partial charge < -0.3 is 10.6 Å². The van der Waals surface area contributed by atoms with E-state index in [2.05, 4.69) is 10.6 Å². The Bertz CT molecular complexity index is 460. The molecule has 0 saturated carbocycles. The van der Waals surface area contributed by atoms with Crippen LogP contribution in [-0.2, 0) is 11.3 Å². The van der Waals surface area contributed by atoms with E-state index < -0.39 is 4.92 Å². The third-order valence-electron chi connectivity index (χ3n) is 2.85. The Morgan fingerprint density at radius 2 is 2.17 bits per heavy atom. The number of nitro benzene ring substituents is 1. The van der Waals surface area contributed by atoms with E-state index in [4.69, 9.17) is 0 Å². The number of rotatable bonds is 5. The highest BCUT2D eigenvalue weighted by atomic mass is 16.6. The molecular weight excluding hydrogens is 234 g/mol. The number of benzene rings is 1. The Morgan fingerprint density at radius 1 is 1.50 bits per heavy atom. The Hall–Kier alpha value is -1.95. The van der Waals surface area contributed by atoms with E-state index in [0.717, 1.165) is 5.56 Å². The van der Waals surface area contributed by atoms with Crippen LogP contribution in [-0.4, -0.2) is 23.9 Å². The number of carbonyl (C=O) groups is 1. The third-order valence-corrected chi connectivity index (χ3v) is 2.85. The summed E-state index contributed by atoms with van der Waals surface area (Å²) in [7, 11) is 1.57. The van der Waals surface area contributed by atoms with Gasteiger partial charge in [-0.15, -0.1) is 0 Å². The lowest BCUT2D eigenvalue weighted by atomic mass is 10.1. The van der Waals surface area contributed by atoms with Crippen LogP contribution in [0.3, 0.4) is 0 Å². The molecule has 1 amide bonds. The number of likely N-dealkylation sites (N-methyl/N-ethyl adjacent to an activating group) is 1. The van der Waals surface area contributed by atoms with Gasteiger partial charge >= 0.3 is 0 Å². The molecule has 0 radical (unpaired) electrons. The highest BCUT2D eigenvalue weighted by Crippen LogP contribution is 2.20. The van der Waals surface area contributed by atoms with Crippen molar-refractivity contribution in [1.82, 2.24) is 10.6 Å². The van der Waals surface area contributed by atoms with Crippen LogP contribution < -0.4 is 10.6 Å². The van der Waals surface area contributed by atoms with Gasteiger partial charge in [0.2, 0.25) is 5.91 Å². The molecule has 1 rings (SSSR count). The average Bonchev–Trinajstić information content (AvgIpc) is 2.35. The molecule has 6 heteroatoms. The molecule has 0 bridgehead atoms. The maximum atomic E-state index is 11.3. The second-order valence-corrected chi connectivity index (χ2v) is 4.04. The third kappa shape index (κ3) is 3.27. The number of nitrogens with one attached hydrogen (secondary N) is 2. The summed E-state index contributed by atoms with van der Waals surface area (Å²) in [6.45, 7) is 3.87. The molecule has 18 heavy (non-hydrogen) atoms. The van der Waals surface area contributed by atoms with Gasteiger partial charge in [-0.3, -0.25) is 14.9 Å². The van der Waals surface area contributed by atoms with Crippen LogP contribution in [0.25, 0.3) is 0 Å². The van der Waals surface area contributed by atoms with Gasteiger partial charge in [-0.05, 0) is 19.4 Å². The lowest BCUT2D eigenvalue weighted by Gasteiger charge is -2.13. The van der Waals surface area contributed by atoms with Crippen molar-refractivity contribution in [3.8, 4) is 0 Å². The van der Waals surface area contributed by atoms with E-state index in [1.807, 2.05) is 6.07 Å². The molecule has 1 atom stereocenters. The van der Waals surface area contributed by atoms with Crippen molar-refractivity contribution in [1.29, 1.82) is 0 Å². The molecule has 1 aromatic carbocycles. The van der Waals surface area contributed by atoms with Crippen LogP contribution >= 0.6 is 0 Å². The van der Waals surface area contributed by atoms with Gasteiger partial charge in [0.15, 0.2) is 0 Å². The Morgan fingerprint density at radius 3 is 2.72 bits per heavy atom. The molecule has 0 heterocycles. The van der Waals surface area contributed by atoms with Gasteiger partial charge in [0.05, 0.1) is 11.0 Å². The minimum Gasteiger partial charge on any atom is -0.358 e. The number of nitro groups is 1. The molecule has 1 aromatic rings. The van der Waals surface area contributed by atoms with Crippen molar-refractivity contribution < 1.29 is 9.72 Å². The lowest BCUT2D eigenvalue weighted by Crippen LogP contribution is -2.40. The van der Waals surface area contributed by atoms with Gasteiger partial charge in [-0.2, -0.15) is 0 Å². The summed E-state index contributed by atoms with van der Waals surface area (Å²) < 4.78 is 0. The molecule has 2 N–H and O–H groups in total. The van der Waals surface area contributed by atoms with Crippen LogP contribution in [0.15, 0.2) is 18.2 Å². The van der Waals surface area contributed by atoms with Crippen LogP contribution in [0.2, 0.25) is 0 Å². The first kappa shape index (κ1) is 14.1. The second-order valence-electron chi connectivity index (χ2n) is 4.04. The summed E-state index contributed by atoms with van der Waals surface area (Å²) in [5.41, 5.74) is 1.54. The summed E-state index contributed by atoms with van der Waals surface area (Å²) in [6.07, 6.45) is 0. The number of hydrogen-bond donors (Lipinski definition) is 2. The second kappa shape index (κ2) is 6.11. The van der Waals surface area contributed by atoms with E-state index in [1.54, 1.807) is 27.0 Å². The van der Waals surface area contributed by atoms with Gasteiger partial charge in [0.1, 0.15) is 0 Å². The van der Waals surface area contributed by atoms with E-state index in [1.165, 1.54) is 6.07 Å². The topological polar surface area (TPSA) is 84.3 Å². The van der Waals surface area contributed by atoms with E-state index in [-0.39, 0.29) is 17.6 Å². The highest BCUT2D eigenvalue weighted by Gasteiger charge is 2.15. The van der Waals surface area contributed by atoms with Crippen LogP contribution in [0, 0.1) is 17.0 Å². The first-order valence-corrected chi connectivity index (χ1v) is 5.65. The molecular formula is C12H17N3O3. The molecule has 0 spiro atoms. The Kier molecular flexibility index (Phi) is 4.79. The SMILES string of the molecule is CNC(=O)C(C)NCc1cccc([N+](=O)[O-])c1C. The number of carbonyl (C=O) groups excluding carboxylic acids is 1. The predicted octanol–water partition coefficient (Wildman–Crippen LogP) is 1.13. The molecule has 0 aromatic heterocycles. The predicted molar refractivity (Wildman–Crippen MR) is 68.2 cm³/mol. The zero-order chi connectivity index (χ0) is 13.7. The number of hydrogen-bond acceptors (Lipinski definition) is 4. The number of nitrogens with zero attached hydrogens (tertiary/aromatic N) is 1. The Balaban J connectivity index is 2.77. The smallest absolute Gasteiger partial charge is 0.272 e. The average molecular weight is 251 g/mol. The van der Waals surface area contributed by atoms with Gasteiger partial charge in [-0.25, -0.2) is 0 Å². The minimum atomic E-state index is -0.402. The summed E-state index contributed by atoms with van der Waals surface area (Å²) in [5.74, 6) is -0.113. The van der Waals surface area contributed by atoms with Gasteiger partial charge in [-0.1, -0.05) is 12.1 Å². The molecule has 6 nitrogen and oxygen atoms in total. The van der Waals surface area contributed by atoms with E-state index in [9.17, 15) is 14.9 Å². The fraction of sp³-hybridized carbons (Fsp3) is 0.417. The molecule has 1 unspecified atom stereocenters. The van der Waals surface area contributed by atoms with Crippen molar-refractivity contribution in [3.05, 3.63) is 39.4 Å². The monoisotopic (exact) mass is 251 g/mol. The minimum absolute atomic E-state index is 0.0990. The summed E-state index contributed by atoms with van der Waals surface area (Å²) >= 11 is 0. The van der Waals surface area contributed by atoms with Gasteiger partial charge in [0.25, 0.3) is 5.69 Å². The van der Waals surface area contributed by atoms with Crippen LogP contribution in [0.1, 0.15) is 18.1 Å². The normalized spacial score (nSPS) is 11.9. The standard InChI is InChI=1S/C12H17N3O3/c1-8-10(5-4-6-11(8)15(17)18)7-14-9(2)12(16)13-3/h4-6,9,14H,7H2,1-3H3,(H,13,16). The quantitative estimate of drug-likeness (QED) is 0.607. The zero-order valence-electron chi connectivity index (χ0n) is 10.7. The maximum Gasteiger partial charge on any atom is 0.272 e. The molecule has 0 saturated heterocycles. The summed E-state index contributed by atoms with van der Waals surface area (Å²) in [5, 5.41) is 16.3. The lowest BCUT2D eigenvalue weighted by molar-refractivity contribution is -0.385. The van der Waals surface area contributed by atoms with Crippen molar-refractivity contribution in [2.45, 2.75) is 26.4 Å². The van der Waals surface area contributed by atoms with Crippen molar-refractivity contribution >= 4 is 11.6 Å². The van der Waals surface area contributed by atoms with Crippen molar-refractivity contribution in [2.24, 2.45) is 0 Å². The van der Waals surface area contributed by atoms with Crippen molar-refractivity contribution in [3.63, 3.8) is 0 Å². The fourth-order valence-electron chi connectivity index (χ4n) is 1.63. The maximum absolute atomic E-state index is 11.3. The Labute approximate surface area is 106 Å². The van der Waals surface area contributed by atoms with E-state index >= 15 is 0 Å².